The number of rotatable bonds is 3. The molecule has 0 aliphatic heterocycles. The molecule has 1 aromatic carbocycles. The van der Waals surface area contributed by atoms with E-state index in [1.54, 1.807) is 13.8 Å². The largest absolute Gasteiger partial charge is 0.491 e. The molecular formula is C11H14F3N3O. The molecule has 1 aromatic rings. The second kappa shape index (κ2) is 5.16. The van der Waals surface area contributed by atoms with Gasteiger partial charge in [-0.1, -0.05) is 0 Å². The van der Waals surface area contributed by atoms with Crippen molar-refractivity contribution in [3.05, 3.63) is 29.3 Å². The number of hydrazone groups is 1. The maximum absolute atomic E-state index is 12.7. The van der Waals surface area contributed by atoms with Crippen LogP contribution in [0.15, 0.2) is 23.3 Å². The summed E-state index contributed by atoms with van der Waals surface area (Å²) in [5.74, 6) is 4.84. The minimum atomic E-state index is -4.49. The number of nitrogens with zero attached hydrogens (tertiary/aromatic N) is 1. The fourth-order valence-electron chi connectivity index (χ4n) is 1.33. The molecule has 0 amide bonds. The molecule has 1 rings (SSSR count). The van der Waals surface area contributed by atoms with Crippen molar-refractivity contribution in [2.75, 3.05) is 0 Å². The quantitative estimate of drug-likeness (QED) is 0.378. The maximum atomic E-state index is 12.7. The SMILES string of the molecule is CC(C)Oc1cc(/C(N)=N/N)cc(C(F)(F)F)c1. The Hall–Kier alpha value is -1.92. The van der Waals surface area contributed by atoms with Crippen LogP contribution in [0.1, 0.15) is 25.0 Å². The van der Waals surface area contributed by atoms with Gasteiger partial charge in [0.05, 0.1) is 11.7 Å². The van der Waals surface area contributed by atoms with Gasteiger partial charge in [0.25, 0.3) is 0 Å². The van der Waals surface area contributed by atoms with Crippen molar-refractivity contribution in [3.63, 3.8) is 0 Å². The van der Waals surface area contributed by atoms with Crippen LogP contribution in [-0.4, -0.2) is 11.9 Å². The summed E-state index contributed by atoms with van der Waals surface area (Å²) >= 11 is 0. The minimum absolute atomic E-state index is 0.0708. The topological polar surface area (TPSA) is 73.6 Å². The van der Waals surface area contributed by atoms with E-state index in [1.165, 1.54) is 6.07 Å². The van der Waals surface area contributed by atoms with E-state index >= 15 is 0 Å². The molecule has 0 heterocycles. The lowest BCUT2D eigenvalue weighted by Crippen LogP contribution is -2.18. The molecule has 0 aliphatic carbocycles. The van der Waals surface area contributed by atoms with Gasteiger partial charge in [-0.3, -0.25) is 0 Å². The third-order valence-corrected chi connectivity index (χ3v) is 2.04. The molecule has 0 unspecified atom stereocenters. The molecule has 0 spiro atoms. The van der Waals surface area contributed by atoms with Gasteiger partial charge < -0.3 is 16.3 Å². The minimum Gasteiger partial charge on any atom is -0.491 e. The van der Waals surface area contributed by atoms with Crippen molar-refractivity contribution >= 4 is 5.84 Å². The number of hydrogen-bond acceptors (Lipinski definition) is 3. The fraction of sp³-hybridized carbons (Fsp3) is 0.364. The molecule has 0 aliphatic rings. The van der Waals surface area contributed by atoms with Gasteiger partial charge in [0.15, 0.2) is 0 Å². The Morgan fingerprint density at radius 2 is 1.89 bits per heavy atom. The summed E-state index contributed by atoms with van der Waals surface area (Å²) in [6.07, 6.45) is -4.74. The molecule has 0 bridgehead atoms. The van der Waals surface area contributed by atoms with Gasteiger partial charge in [-0.2, -0.15) is 18.3 Å². The Morgan fingerprint density at radius 3 is 2.33 bits per heavy atom. The van der Waals surface area contributed by atoms with E-state index in [0.29, 0.717) is 0 Å². The fourth-order valence-corrected chi connectivity index (χ4v) is 1.33. The Bertz CT molecular complexity index is 455. The van der Waals surface area contributed by atoms with Crippen LogP contribution in [-0.2, 0) is 6.18 Å². The molecule has 4 nitrogen and oxygen atoms in total. The predicted octanol–water partition coefficient (Wildman–Crippen LogP) is 2.07. The monoisotopic (exact) mass is 261 g/mol. The first-order valence-corrected chi connectivity index (χ1v) is 5.16. The highest BCUT2D eigenvalue weighted by atomic mass is 19.4. The van der Waals surface area contributed by atoms with E-state index in [0.717, 1.165) is 12.1 Å². The third kappa shape index (κ3) is 3.54. The Labute approximate surface area is 102 Å². The van der Waals surface area contributed by atoms with Crippen LogP contribution in [0.3, 0.4) is 0 Å². The Kier molecular flexibility index (Phi) is 4.05. The van der Waals surface area contributed by atoms with Gasteiger partial charge >= 0.3 is 6.18 Å². The van der Waals surface area contributed by atoms with Crippen LogP contribution in [0.5, 0.6) is 5.75 Å². The lowest BCUT2D eigenvalue weighted by molar-refractivity contribution is -0.137. The maximum Gasteiger partial charge on any atom is 0.416 e. The highest BCUT2D eigenvalue weighted by molar-refractivity contribution is 5.97. The van der Waals surface area contributed by atoms with E-state index in [4.69, 9.17) is 16.3 Å². The smallest absolute Gasteiger partial charge is 0.416 e. The van der Waals surface area contributed by atoms with E-state index in [2.05, 4.69) is 5.10 Å². The van der Waals surface area contributed by atoms with Crippen molar-refractivity contribution in [1.29, 1.82) is 0 Å². The highest BCUT2D eigenvalue weighted by Crippen LogP contribution is 2.32. The molecular weight excluding hydrogens is 247 g/mol. The van der Waals surface area contributed by atoms with Crippen molar-refractivity contribution < 1.29 is 17.9 Å². The first kappa shape index (κ1) is 14.1. The molecule has 0 radical (unpaired) electrons. The lowest BCUT2D eigenvalue weighted by Gasteiger charge is -2.14. The number of halogens is 3. The van der Waals surface area contributed by atoms with Crippen LogP contribution >= 0.6 is 0 Å². The number of benzene rings is 1. The molecule has 4 N–H and O–H groups in total. The first-order valence-electron chi connectivity index (χ1n) is 5.16. The van der Waals surface area contributed by atoms with Gasteiger partial charge in [-0.25, -0.2) is 0 Å². The van der Waals surface area contributed by atoms with Crippen LogP contribution in [0, 0.1) is 0 Å². The van der Waals surface area contributed by atoms with Crippen molar-refractivity contribution in [2.24, 2.45) is 16.7 Å². The second-order valence-electron chi connectivity index (χ2n) is 3.92. The number of alkyl halides is 3. The third-order valence-electron chi connectivity index (χ3n) is 2.04. The highest BCUT2D eigenvalue weighted by Gasteiger charge is 2.31. The Balaban J connectivity index is 3.29. The summed E-state index contributed by atoms with van der Waals surface area (Å²) in [6, 6.07) is 3.15. The zero-order valence-electron chi connectivity index (χ0n) is 9.95. The van der Waals surface area contributed by atoms with E-state index in [9.17, 15) is 13.2 Å². The summed E-state index contributed by atoms with van der Waals surface area (Å²) in [6.45, 7) is 3.42. The van der Waals surface area contributed by atoms with Crippen molar-refractivity contribution in [3.8, 4) is 5.75 Å². The summed E-state index contributed by atoms with van der Waals surface area (Å²) in [4.78, 5) is 0. The predicted molar refractivity (Wildman–Crippen MR) is 62.1 cm³/mol. The number of amidine groups is 1. The Morgan fingerprint density at radius 1 is 1.28 bits per heavy atom. The molecule has 0 saturated carbocycles. The average molecular weight is 261 g/mol. The summed E-state index contributed by atoms with van der Waals surface area (Å²) in [5, 5.41) is 3.17. The summed E-state index contributed by atoms with van der Waals surface area (Å²) in [7, 11) is 0. The van der Waals surface area contributed by atoms with Gasteiger partial charge in [-0.05, 0) is 32.0 Å². The standard InChI is InChI=1S/C11H14F3N3O/c1-6(2)18-9-4-7(10(15)17-16)3-8(5-9)11(12,13)14/h3-6H,16H2,1-2H3,(H2,15,17). The zero-order valence-corrected chi connectivity index (χ0v) is 9.95. The molecule has 18 heavy (non-hydrogen) atoms. The number of nitrogens with two attached hydrogens (primary N) is 2. The van der Waals surface area contributed by atoms with E-state index in [-0.39, 0.29) is 23.3 Å². The zero-order chi connectivity index (χ0) is 13.9. The molecule has 7 heteroatoms. The average Bonchev–Trinajstić information content (AvgIpc) is 2.25. The van der Waals surface area contributed by atoms with Crippen LogP contribution in [0.2, 0.25) is 0 Å². The van der Waals surface area contributed by atoms with Crippen LogP contribution in [0.4, 0.5) is 13.2 Å². The molecule has 0 saturated heterocycles. The molecule has 0 fully saturated rings. The van der Waals surface area contributed by atoms with Crippen molar-refractivity contribution in [1.82, 2.24) is 0 Å². The van der Waals surface area contributed by atoms with Crippen LogP contribution in [0.25, 0.3) is 0 Å². The van der Waals surface area contributed by atoms with Crippen LogP contribution < -0.4 is 16.3 Å². The van der Waals surface area contributed by atoms with E-state index < -0.39 is 11.7 Å². The summed E-state index contributed by atoms with van der Waals surface area (Å²) in [5.41, 5.74) is 4.62. The number of hydrogen-bond donors (Lipinski definition) is 2. The van der Waals surface area contributed by atoms with Gasteiger partial charge in [-0.15, -0.1) is 0 Å². The van der Waals surface area contributed by atoms with Gasteiger partial charge in [0, 0.05) is 5.56 Å². The van der Waals surface area contributed by atoms with Crippen molar-refractivity contribution in [2.45, 2.75) is 26.1 Å². The lowest BCUT2D eigenvalue weighted by atomic mass is 10.1. The summed E-state index contributed by atoms with van der Waals surface area (Å²) < 4.78 is 43.3. The number of ether oxygens (including phenoxy) is 1. The van der Waals surface area contributed by atoms with Gasteiger partial charge in [0.1, 0.15) is 11.6 Å². The molecule has 0 aromatic heterocycles. The normalized spacial score (nSPS) is 12.9. The second-order valence-corrected chi connectivity index (χ2v) is 3.92. The van der Waals surface area contributed by atoms with Gasteiger partial charge in [0.2, 0.25) is 0 Å². The molecule has 100 valence electrons. The first-order chi connectivity index (χ1) is 8.24. The van der Waals surface area contributed by atoms with E-state index in [1.807, 2.05) is 0 Å². The molecule has 0 atom stereocenters.